The Labute approximate surface area is 209 Å². The number of benzene rings is 4. The zero-order chi connectivity index (χ0) is 23.5. The van der Waals surface area contributed by atoms with Crippen molar-refractivity contribution in [3.05, 3.63) is 89.4 Å². The van der Waals surface area contributed by atoms with Crippen molar-refractivity contribution >= 4 is 43.4 Å². The number of aryl methyl sites for hydroxylation is 2. The van der Waals surface area contributed by atoms with Gasteiger partial charge in [-0.3, -0.25) is 0 Å². The van der Waals surface area contributed by atoms with Gasteiger partial charge in [0, 0.05) is 11.3 Å². The van der Waals surface area contributed by atoms with E-state index in [0.29, 0.717) is 5.92 Å². The van der Waals surface area contributed by atoms with Gasteiger partial charge in [-0.15, -0.1) is 11.3 Å². The largest absolute Gasteiger partial charge is 0.297 e. The molecule has 1 aliphatic rings. The van der Waals surface area contributed by atoms with Crippen LogP contribution >= 0.6 is 11.3 Å². The zero-order valence-electron chi connectivity index (χ0n) is 20.2. The van der Waals surface area contributed by atoms with Crippen LogP contribution in [0.1, 0.15) is 42.2 Å². The average molecular weight is 475 g/mol. The maximum absolute atomic E-state index is 5.33. The molecule has 0 atom stereocenters. The van der Waals surface area contributed by atoms with Gasteiger partial charge in [-0.1, -0.05) is 67.4 Å². The molecule has 1 saturated carbocycles. The molecule has 3 nitrogen and oxygen atoms in total. The third-order valence-corrected chi connectivity index (χ3v) is 8.92. The van der Waals surface area contributed by atoms with E-state index >= 15 is 0 Å². The molecule has 0 radical (unpaired) electrons. The van der Waals surface area contributed by atoms with Crippen LogP contribution in [0.3, 0.4) is 0 Å². The summed E-state index contributed by atoms with van der Waals surface area (Å²) in [6.07, 6.45) is 5.21. The zero-order valence-corrected chi connectivity index (χ0v) is 21.0. The number of imidazole rings is 1. The van der Waals surface area contributed by atoms with Crippen molar-refractivity contribution in [3.8, 4) is 17.1 Å². The van der Waals surface area contributed by atoms with Gasteiger partial charge in [0.05, 0.1) is 27.8 Å². The Kier molecular flexibility index (Phi) is 4.78. The van der Waals surface area contributed by atoms with E-state index in [1.165, 1.54) is 79.8 Å². The Morgan fingerprint density at radius 2 is 1.66 bits per heavy atom. The molecule has 6 aromatic rings. The molecule has 1 aliphatic carbocycles. The number of fused-ring (bicyclic) bond motifs is 3. The van der Waals surface area contributed by atoms with Crippen LogP contribution in [-0.4, -0.2) is 9.55 Å². The minimum atomic E-state index is 0.623. The number of para-hydroxylation sites is 2. The summed E-state index contributed by atoms with van der Waals surface area (Å²) >= 11 is 1.90. The maximum atomic E-state index is 5.33. The van der Waals surface area contributed by atoms with Gasteiger partial charge in [0.25, 0.3) is 5.82 Å². The minimum Gasteiger partial charge on any atom is -0.240 e. The lowest BCUT2D eigenvalue weighted by Gasteiger charge is -2.09. The molecule has 4 heteroatoms. The Hall–Kier alpha value is -3.50. The van der Waals surface area contributed by atoms with E-state index in [9.17, 15) is 0 Å². The number of hydrogen-bond donors (Lipinski definition) is 0. The van der Waals surface area contributed by atoms with Gasteiger partial charge in [0.1, 0.15) is 5.69 Å². The van der Waals surface area contributed by atoms with Crippen molar-refractivity contribution in [3.63, 3.8) is 0 Å². The molecule has 0 unspecified atom stereocenters. The summed E-state index contributed by atoms with van der Waals surface area (Å²) < 4.78 is 6.10. The van der Waals surface area contributed by atoms with Crippen molar-refractivity contribution in [2.45, 2.75) is 38.5 Å². The molecule has 1 fully saturated rings. The molecule has 4 aromatic carbocycles. The second-order valence-electron chi connectivity index (χ2n) is 9.84. The third-order valence-electron chi connectivity index (χ3n) is 7.73. The summed E-state index contributed by atoms with van der Waals surface area (Å²) in [5, 5.41) is 3.83. The smallest absolute Gasteiger partial charge is 0.240 e. The molecule has 2 heterocycles. The molecular formula is C31H28N3S+. The monoisotopic (exact) mass is 474 g/mol. The fraction of sp³-hybridized carbons (Fsp3) is 0.226. The fourth-order valence-electron chi connectivity index (χ4n) is 5.98. The number of thiazole rings is 1. The van der Waals surface area contributed by atoms with Gasteiger partial charge in [0.2, 0.25) is 0 Å². The predicted molar refractivity (Wildman–Crippen MR) is 147 cm³/mol. The van der Waals surface area contributed by atoms with Gasteiger partial charge >= 0.3 is 0 Å². The molecule has 0 bridgehead atoms. The lowest BCUT2D eigenvalue weighted by molar-refractivity contribution is -0.633. The first-order valence-electron chi connectivity index (χ1n) is 12.6. The maximum Gasteiger partial charge on any atom is 0.297 e. The van der Waals surface area contributed by atoms with E-state index < -0.39 is 0 Å². The standard InChI is InChI=1S/C31H28N3S/c1-20-18-19-27-29(32-30(35-27)22-11-3-4-12-22)28(20)31-33(2)25-15-7-8-16-26(25)34(31)24-17-9-13-21-10-5-6-14-23(21)24/h5-10,13-19,22H,3-4,11-12H2,1-2H3/q+1. The van der Waals surface area contributed by atoms with Crippen molar-refractivity contribution in [2.75, 3.05) is 0 Å². The quantitative estimate of drug-likeness (QED) is 0.239. The highest BCUT2D eigenvalue weighted by Crippen LogP contribution is 2.42. The van der Waals surface area contributed by atoms with Crippen LogP contribution in [0.4, 0.5) is 0 Å². The van der Waals surface area contributed by atoms with E-state index in [1.54, 1.807) is 0 Å². The highest BCUT2D eigenvalue weighted by Gasteiger charge is 2.31. The summed E-state index contributed by atoms with van der Waals surface area (Å²) in [5.74, 6) is 1.81. The number of hydrogen-bond acceptors (Lipinski definition) is 2. The van der Waals surface area contributed by atoms with E-state index in [1.807, 2.05) is 11.3 Å². The highest BCUT2D eigenvalue weighted by molar-refractivity contribution is 7.18. The molecule has 0 spiro atoms. The molecule has 0 saturated heterocycles. The second-order valence-corrected chi connectivity index (χ2v) is 10.9. The Balaban J connectivity index is 1.59. The minimum absolute atomic E-state index is 0.623. The highest BCUT2D eigenvalue weighted by atomic mass is 32.1. The first-order valence-corrected chi connectivity index (χ1v) is 13.4. The molecule has 7 rings (SSSR count). The lowest BCUT2D eigenvalue weighted by Crippen LogP contribution is -2.30. The van der Waals surface area contributed by atoms with E-state index in [0.717, 1.165) is 5.52 Å². The predicted octanol–water partition coefficient (Wildman–Crippen LogP) is 7.85. The fourth-order valence-corrected chi connectivity index (χ4v) is 7.13. The van der Waals surface area contributed by atoms with Crippen LogP contribution in [0.25, 0.3) is 49.1 Å². The van der Waals surface area contributed by atoms with Gasteiger partial charge < -0.3 is 0 Å². The van der Waals surface area contributed by atoms with E-state index in [4.69, 9.17) is 4.98 Å². The van der Waals surface area contributed by atoms with Gasteiger partial charge in [-0.25, -0.2) is 9.55 Å². The Morgan fingerprint density at radius 3 is 2.54 bits per heavy atom. The molecule has 172 valence electrons. The van der Waals surface area contributed by atoms with Gasteiger partial charge in [-0.2, -0.15) is 4.57 Å². The summed E-state index contributed by atoms with van der Waals surface area (Å²) in [5.41, 5.74) is 7.30. The van der Waals surface area contributed by atoms with Crippen LogP contribution in [0.5, 0.6) is 0 Å². The molecule has 0 aliphatic heterocycles. The van der Waals surface area contributed by atoms with Gasteiger partial charge in [0.15, 0.2) is 11.0 Å². The first kappa shape index (κ1) is 20.8. The van der Waals surface area contributed by atoms with Crippen LogP contribution in [0.15, 0.2) is 78.9 Å². The summed E-state index contributed by atoms with van der Waals surface area (Å²) in [6, 6.07) is 28.6. The van der Waals surface area contributed by atoms with Crippen LogP contribution in [0, 0.1) is 6.92 Å². The summed E-state index contributed by atoms with van der Waals surface area (Å²) in [7, 11) is 2.20. The van der Waals surface area contributed by atoms with Gasteiger partial charge in [-0.05, 0) is 55.0 Å². The lowest BCUT2D eigenvalue weighted by atomic mass is 10.0. The molecule has 2 aromatic heterocycles. The van der Waals surface area contributed by atoms with Crippen molar-refractivity contribution in [2.24, 2.45) is 7.05 Å². The summed E-state index contributed by atoms with van der Waals surface area (Å²) in [4.78, 5) is 5.33. The summed E-state index contributed by atoms with van der Waals surface area (Å²) in [6.45, 7) is 2.23. The first-order chi connectivity index (χ1) is 17.2. The number of rotatable bonds is 3. The molecular weight excluding hydrogens is 446 g/mol. The van der Waals surface area contributed by atoms with Crippen molar-refractivity contribution < 1.29 is 4.57 Å². The van der Waals surface area contributed by atoms with Crippen molar-refractivity contribution in [1.82, 2.24) is 9.55 Å². The van der Waals surface area contributed by atoms with Crippen LogP contribution in [-0.2, 0) is 7.05 Å². The normalized spacial score (nSPS) is 14.6. The van der Waals surface area contributed by atoms with E-state index in [-0.39, 0.29) is 0 Å². The topological polar surface area (TPSA) is 21.7 Å². The number of aromatic nitrogens is 3. The molecule has 0 amide bonds. The van der Waals surface area contributed by atoms with E-state index in [2.05, 4.69) is 102 Å². The molecule has 35 heavy (non-hydrogen) atoms. The molecule has 0 N–H and O–H groups in total. The van der Waals surface area contributed by atoms with Crippen molar-refractivity contribution in [1.29, 1.82) is 0 Å². The average Bonchev–Trinajstić information content (AvgIpc) is 3.63. The second kappa shape index (κ2) is 8.03. The third kappa shape index (κ3) is 3.16. The van der Waals surface area contributed by atoms with Crippen LogP contribution in [0.2, 0.25) is 0 Å². The van der Waals surface area contributed by atoms with Crippen LogP contribution < -0.4 is 4.57 Å². The number of nitrogens with zero attached hydrogens (tertiary/aromatic N) is 3. The Morgan fingerprint density at radius 1 is 0.886 bits per heavy atom. The Bertz CT molecular complexity index is 1730. The SMILES string of the molecule is Cc1ccc2sc(C3CCCC3)nc2c1-c1n(-c2cccc3ccccc23)c2ccccc2[n+]1C.